The Kier molecular flexibility index (Phi) is 4.80. The highest BCUT2D eigenvalue weighted by Crippen LogP contribution is 2.26. The Balaban J connectivity index is 2.10. The summed E-state index contributed by atoms with van der Waals surface area (Å²) in [5, 5.41) is 16.1. The fourth-order valence-electron chi connectivity index (χ4n) is 1.32. The second-order valence-electron chi connectivity index (χ2n) is 3.97. The molecule has 0 fully saturated rings. The summed E-state index contributed by atoms with van der Waals surface area (Å²) in [5.74, 6) is -1.13. The van der Waals surface area contributed by atoms with Gasteiger partial charge in [-0.25, -0.2) is 8.42 Å². The number of thioether (sulfide) groups is 1. The van der Waals surface area contributed by atoms with Crippen molar-refractivity contribution in [2.24, 2.45) is 0 Å². The van der Waals surface area contributed by atoms with Crippen LogP contribution >= 0.6 is 23.1 Å². The lowest BCUT2D eigenvalue weighted by Gasteiger charge is -2.04. The van der Waals surface area contributed by atoms with Crippen molar-refractivity contribution >= 4 is 44.2 Å². The molecular weight excluding hydrogens is 334 g/mol. The number of rotatable bonds is 6. The summed E-state index contributed by atoms with van der Waals surface area (Å²) in [5.41, 5.74) is 0.956. The fraction of sp³-hybridized carbons (Fsp3) is 0.182. The van der Waals surface area contributed by atoms with E-state index in [0.29, 0.717) is 4.34 Å². The van der Waals surface area contributed by atoms with E-state index in [0.717, 1.165) is 28.7 Å². The normalized spacial score (nSPS) is 11.3. The number of hydrogen-bond donors (Lipinski definition) is 2. The van der Waals surface area contributed by atoms with Crippen molar-refractivity contribution in [2.75, 3.05) is 10.5 Å². The van der Waals surface area contributed by atoms with E-state index in [9.17, 15) is 13.2 Å². The van der Waals surface area contributed by atoms with Crippen LogP contribution in [0.3, 0.4) is 0 Å². The molecule has 0 radical (unpaired) electrons. The van der Waals surface area contributed by atoms with Gasteiger partial charge in [0.15, 0.2) is 4.34 Å². The number of aliphatic carboxylic acids is 1. The van der Waals surface area contributed by atoms with Crippen LogP contribution in [0.5, 0.6) is 0 Å². The van der Waals surface area contributed by atoms with Crippen molar-refractivity contribution in [3.05, 3.63) is 29.8 Å². The molecule has 1 aromatic carbocycles. The minimum absolute atomic E-state index is 0.100. The van der Waals surface area contributed by atoms with Crippen LogP contribution in [0.15, 0.2) is 33.5 Å². The van der Waals surface area contributed by atoms with E-state index in [2.05, 4.69) is 14.9 Å². The second-order valence-corrected chi connectivity index (χ2v) is 7.86. The Hall–Kier alpha value is -1.65. The molecule has 2 N–H and O–H groups in total. The smallest absolute Gasteiger partial charge is 0.313 e. The third kappa shape index (κ3) is 4.41. The van der Waals surface area contributed by atoms with Gasteiger partial charge in [0.1, 0.15) is 0 Å². The predicted molar refractivity (Wildman–Crippen MR) is 80.3 cm³/mol. The number of carbonyl (C=O) groups is 1. The lowest BCUT2D eigenvalue weighted by Crippen LogP contribution is -2.12. The van der Waals surface area contributed by atoms with Gasteiger partial charge in [0, 0.05) is 0 Å². The Morgan fingerprint density at radius 1 is 1.33 bits per heavy atom. The largest absolute Gasteiger partial charge is 0.481 e. The number of carboxylic acids is 1. The van der Waals surface area contributed by atoms with Crippen LogP contribution in [0.4, 0.5) is 5.13 Å². The molecule has 7 nitrogen and oxygen atoms in total. The minimum atomic E-state index is -3.72. The molecule has 0 saturated heterocycles. The van der Waals surface area contributed by atoms with Crippen molar-refractivity contribution in [3.8, 4) is 0 Å². The number of carboxylic acid groups (broad SMARTS) is 1. The van der Waals surface area contributed by atoms with E-state index < -0.39 is 16.0 Å². The first kappa shape index (κ1) is 15.7. The molecule has 1 heterocycles. The predicted octanol–water partition coefficient (Wildman–Crippen LogP) is 1.82. The van der Waals surface area contributed by atoms with Crippen molar-refractivity contribution in [1.29, 1.82) is 0 Å². The van der Waals surface area contributed by atoms with Gasteiger partial charge in [-0.3, -0.25) is 9.52 Å². The molecular formula is C11H11N3O4S3. The van der Waals surface area contributed by atoms with E-state index in [4.69, 9.17) is 5.11 Å². The number of hydrogen-bond acceptors (Lipinski definition) is 7. The van der Waals surface area contributed by atoms with Gasteiger partial charge in [-0.1, -0.05) is 40.8 Å². The summed E-state index contributed by atoms with van der Waals surface area (Å²) in [6.45, 7) is 1.86. The monoisotopic (exact) mass is 345 g/mol. The molecule has 0 spiro atoms. The lowest BCUT2D eigenvalue weighted by molar-refractivity contribution is -0.133. The quantitative estimate of drug-likeness (QED) is 0.769. The van der Waals surface area contributed by atoms with E-state index in [1.807, 2.05) is 6.92 Å². The van der Waals surface area contributed by atoms with Crippen LogP contribution < -0.4 is 4.72 Å². The first-order valence-corrected chi connectivity index (χ1v) is 8.93. The Morgan fingerprint density at radius 2 is 2.00 bits per heavy atom. The fourth-order valence-corrected chi connectivity index (χ4v) is 4.03. The van der Waals surface area contributed by atoms with Crippen molar-refractivity contribution < 1.29 is 18.3 Å². The van der Waals surface area contributed by atoms with E-state index in [-0.39, 0.29) is 15.8 Å². The van der Waals surface area contributed by atoms with Crippen LogP contribution in [-0.2, 0) is 14.8 Å². The van der Waals surface area contributed by atoms with Crippen LogP contribution in [0.2, 0.25) is 0 Å². The highest BCUT2D eigenvalue weighted by molar-refractivity contribution is 8.01. The summed E-state index contributed by atoms with van der Waals surface area (Å²) in [6.07, 6.45) is 0. The van der Waals surface area contributed by atoms with E-state index in [1.54, 1.807) is 12.1 Å². The molecule has 0 amide bonds. The number of benzene rings is 1. The molecule has 0 aliphatic heterocycles. The zero-order valence-electron chi connectivity index (χ0n) is 10.8. The van der Waals surface area contributed by atoms with Gasteiger partial charge in [0.25, 0.3) is 10.0 Å². The molecule has 0 aliphatic carbocycles. The zero-order valence-corrected chi connectivity index (χ0v) is 13.3. The third-order valence-electron chi connectivity index (χ3n) is 2.28. The minimum Gasteiger partial charge on any atom is -0.481 e. The Labute approximate surface area is 129 Å². The van der Waals surface area contributed by atoms with Gasteiger partial charge in [0.2, 0.25) is 5.13 Å². The summed E-state index contributed by atoms with van der Waals surface area (Å²) in [4.78, 5) is 10.6. The second kappa shape index (κ2) is 6.41. The van der Waals surface area contributed by atoms with Gasteiger partial charge >= 0.3 is 5.97 Å². The van der Waals surface area contributed by atoms with Gasteiger partial charge in [-0.15, -0.1) is 10.2 Å². The Bertz CT molecular complexity index is 740. The van der Waals surface area contributed by atoms with Crippen molar-refractivity contribution in [2.45, 2.75) is 16.2 Å². The van der Waals surface area contributed by atoms with Crippen molar-refractivity contribution in [1.82, 2.24) is 10.2 Å². The molecule has 0 saturated carbocycles. The highest BCUT2D eigenvalue weighted by Gasteiger charge is 2.17. The highest BCUT2D eigenvalue weighted by atomic mass is 32.2. The maximum absolute atomic E-state index is 12.1. The first-order chi connectivity index (χ1) is 9.87. The van der Waals surface area contributed by atoms with Crippen molar-refractivity contribution in [3.63, 3.8) is 0 Å². The number of nitrogens with zero attached hydrogens (tertiary/aromatic N) is 2. The zero-order chi connectivity index (χ0) is 15.5. The number of nitrogens with one attached hydrogen (secondary N) is 1. The molecule has 0 atom stereocenters. The maximum atomic E-state index is 12.1. The number of sulfonamides is 1. The lowest BCUT2D eigenvalue weighted by atomic mass is 10.2. The number of aromatic nitrogens is 2. The maximum Gasteiger partial charge on any atom is 0.313 e. The van der Waals surface area contributed by atoms with Crippen LogP contribution in [-0.4, -0.2) is 35.4 Å². The summed E-state index contributed by atoms with van der Waals surface area (Å²) < 4.78 is 26.9. The summed E-state index contributed by atoms with van der Waals surface area (Å²) in [6, 6.07) is 6.39. The Morgan fingerprint density at radius 3 is 2.62 bits per heavy atom. The molecule has 10 heteroatoms. The summed E-state index contributed by atoms with van der Waals surface area (Å²) >= 11 is 1.97. The standard InChI is InChI=1S/C11H11N3O4S3/c1-7-2-4-8(5-3-7)21(17,18)14-10-12-13-11(20-10)19-6-9(15)16/h2-5H,6H2,1H3,(H,12,14)(H,15,16). The van der Waals surface area contributed by atoms with Gasteiger partial charge < -0.3 is 5.11 Å². The molecule has 1 aromatic heterocycles. The molecule has 2 aromatic rings. The molecule has 0 bridgehead atoms. The molecule has 21 heavy (non-hydrogen) atoms. The van der Waals surface area contributed by atoms with E-state index in [1.165, 1.54) is 12.1 Å². The van der Waals surface area contributed by atoms with Gasteiger partial charge in [-0.05, 0) is 19.1 Å². The molecule has 2 rings (SSSR count). The van der Waals surface area contributed by atoms with Crippen LogP contribution in [0, 0.1) is 6.92 Å². The average molecular weight is 345 g/mol. The molecule has 112 valence electrons. The van der Waals surface area contributed by atoms with E-state index >= 15 is 0 Å². The third-order valence-corrected chi connectivity index (χ3v) is 5.72. The van der Waals surface area contributed by atoms with Gasteiger partial charge in [-0.2, -0.15) is 0 Å². The first-order valence-electron chi connectivity index (χ1n) is 5.64. The van der Waals surface area contributed by atoms with Crippen LogP contribution in [0.25, 0.3) is 0 Å². The topological polar surface area (TPSA) is 109 Å². The molecule has 0 unspecified atom stereocenters. The number of aryl methyl sites for hydroxylation is 1. The molecule has 0 aliphatic rings. The van der Waals surface area contributed by atoms with Crippen LogP contribution in [0.1, 0.15) is 5.56 Å². The SMILES string of the molecule is Cc1ccc(S(=O)(=O)Nc2nnc(SCC(=O)O)s2)cc1. The van der Waals surface area contributed by atoms with Gasteiger partial charge in [0.05, 0.1) is 10.6 Å². The summed E-state index contributed by atoms with van der Waals surface area (Å²) in [7, 11) is -3.72. The average Bonchev–Trinajstić information content (AvgIpc) is 2.84. The number of anilines is 1.